The van der Waals surface area contributed by atoms with Gasteiger partial charge in [-0.15, -0.1) is 0 Å². The van der Waals surface area contributed by atoms with Crippen LogP contribution in [0.4, 0.5) is 0 Å². The van der Waals surface area contributed by atoms with Crippen molar-refractivity contribution >= 4 is 23.5 Å². The summed E-state index contributed by atoms with van der Waals surface area (Å²) in [5.74, 6) is -1.97. The molecule has 0 aromatic carbocycles. The monoisotopic (exact) mass is 255 g/mol. The maximum atomic E-state index is 12.0. The lowest BCUT2D eigenvalue weighted by Crippen LogP contribution is -2.45. The van der Waals surface area contributed by atoms with Crippen LogP contribution < -0.4 is 5.43 Å². The zero-order valence-electron chi connectivity index (χ0n) is 9.50. The maximum absolute atomic E-state index is 12.0. The van der Waals surface area contributed by atoms with Gasteiger partial charge in [0, 0.05) is 25.8 Å². The smallest absolute Gasteiger partial charge is 0.326 e. The Labute approximate surface area is 102 Å². The van der Waals surface area contributed by atoms with Gasteiger partial charge in [-0.2, -0.15) is 5.10 Å². The van der Waals surface area contributed by atoms with Gasteiger partial charge in [0.25, 0.3) is 5.91 Å². The molecule has 1 fully saturated rings. The fraction of sp³-hybridized carbons (Fsp3) is 0.600. The van der Waals surface area contributed by atoms with Crippen molar-refractivity contribution in [1.82, 2.24) is 10.3 Å². The summed E-state index contributed by atoms with van der Waals surface area (Å²) in [6.45, 7) is -0.0250. The first-order valence-electron chi connectivity index (χ1n) is 5.56. The molecule has 1 saturated heterocycles. The highest BCUT2D eigenvalue weighted by Gasteiger charge is 2.40. The lowest BCUT2D eigenvalue weighted by atomic mass is 10.1. The summed E-state index contributed by atoms with van der Waals surface area (Å²) in [5.41, 5.74) is 2.30. The molecule has 2 heterocycles. The molecule has 0 aliphatic carbocycles. The fourth-order valence-electron chi connectivity index (χ4n) is 2.07. The van der Waals surface area contributed by atoms with Crippen LogP contribution in [-0.2, 0) is 14.4 Å². The highest BCUT2D eigenvalue weighted by molar-refractivity contribution is 6.39. The van der Waals surface area contributed by atoms with E-state index in [1.807, 2.05) is 0 Å². The second-order valence-corrected chi connectivity index (χ2v) is 4.29. The predicted molar refractivity (Wildman–Crippen MR) is 58.6 cm³/mol. The molecule has 0 aromatic rings. The second kappa shape index (κ2) is 4.73. The normalized spacial score (nSPS) is 27.7. The number of rotatable bonds is 2. The van der Waals surface area contributed by atoms with Gasteiger partial charge in [0.1, 0.15) is 11.8 Å². The number of hydrogen-bond acceptors (Lipinski definition) is 5. The quantitative estimate of drug-likeness (QED) is 0.543. The minimum absolute atomic E-state index is 0.0146. The Morgan fingerprint density at radius 1 is 1.39 bits per heavy atom. The number of hydrazone groups is 1. The van der Waals surface area contributed by atoms with Crippen molar-refractivity contribution in [2.24, 2.45) is 5.10 Å². The van der Waals surface area contributed by atoms with E-state index in [0.717, 1.165) is 4.90 Å². The maximum Gasteiger partial charge on any atom is 0.326 e. The van der Waals surface area contributed by atoms with Gasteiger partial charge in [-0.3, -0.25) is 9.59 Å². The van der Waals surface area contributed by atoms with E-state index in [1.54, 1.807) is 0 Å². The van der Waals surface area contributed by atoms with Gasteiger partial charge < -0.3 is 15.1 Å². The lowest BCUT2D eigenvalue weighted by Gasteiger charge is -2.22. The minimum atomic E-state index is -1.15. The van der Waals surface area contributed by atoms with E-state index in [-0.39, 0.29) is 37.4 Å². The summed E-state index contributed by atoms with van der Waals surface area (Å²) < 4.78 is 0. The molecule has 2 amide bonds. The third kappa shape index (κ3) is 2.33. The van der Waals surface area contributed by atoms with Gasteiger partial charge >= 0.3 is 5.97 Å². The predicted octanol–water partition coefficient (Wildman–Crippen LogP) is -1.70. The molecule has 3 N–H and O–H groups in total. The first kappa shape index (κ1) is 12.5. The Morgan fingerprint density at radius 2 is 2.11 bits per heavy atom. The van der Waals surface area contributed by atoms with Crippen LogP contribution in [-0.4, -0.2) is 57.3 Å². The highest BCUT2D eigenvalue weighted by Crippen LogP contribution is 2.19. The van der Waals surface area contributed by atoms with Crippen molar-refractivity contribution in [3.8, 4) is 0 Å². The van der Waals surface area contributed by atoms with Crippen LogP contribution in [0.5, 0.6) is 0 Å². The van der Waals surface area contributed by atoms with Crippen molar-refractivity contribution in [3.63, 3.8) is 0 Å². The number of carbonyl (C=O) groups is 3. The molecular weight excluding hydrogens is 242 g/mol. The minimum Gasteiger partial charge on any atom is -0.480 e. The first-order valence-corrected chi connectivity index (χ1v) is 5.56. The van der Waals surface area contributed by atoms with E-state index in [1.165, 1.54) is 0 Å². The van der Waals surface area contributed by atoms with E-state index in [9.17, 15) is 19.5 Å². The van der Waals surface area contributed by atoms with Crippen molar-refractivity contribution in [1.29, 1.82) is 0 Å². The first-order chi connectivity index (χ1) is 8.49. The van der Waals surface area contributed by atoms with Crippen molar-refractivity contribution in [2.45, 2.75) is 31.4 Å². The Morgan fingerprint density at radius 3 is 2.67 bits per heavy atom. The van der Waals surface area contributed by atoms with Gasteiger partial charge in [0.15, 0.2) is 0 Å². The molecule has 0 aromatic heterocycles. The van der Waals surface area contributed by atoms with Gasteiger partial charge in [-0.05, 0) is 0 Å². The summed E-state index contributed by atoms with van der Waals surface area (Å²) in [7, 11) is 0. The number of aliphatic hydroxyl groups is 1. The van der Waals surface area contributed by atoms with Crippen LogP contribution in [0.1, 0.15) is 19.3 Å². The van der Waals surface area contributed by atoms with Crippen LogP contribution in [0.3, 0.4) is 0 Å². The number of hydrogen-bond donors (Lipinski definition) is 3. The number of aliphatic carboxylic acids is 1. The lowest BCUT2D eigenvalue weighted by molar-refractivity contribution is -0.146. The average molecular weight is 255 g/mol. The largest absolute Gasteiger partial charge is 0.480 e. The zero-order chi connectivity index (χ0) is 13.3. The van der Waals surface area contributed by atoms with Gasteiger partial charge in [-0.25, -0.2) is 10.2 Å². The molecule has 0 spiro atoms. The van der Waals surface area contributed by atoms with Crippen molar-refractivity contribution in [2.75, 3.05) is 6.54 Å². The second-order valence-electron chi connectivity index (χ2n) is 4.29. The molecule has 2 rings (SSSR count). The molecule has 18 heavy (non-hydrogen) atoms. The van der Waals surface area contributed by atoms with E-state index in [0.29, 0.717) is 0 Å². The third-order valence-corrected chi connectivity index (χ3v) is 2.98. The standard InChI is InChI=1S/C10H13N3O5/c14-5-3-7(10(17)18)13(4-5)9(16)6-1-2-8(15)12-11-6/h5,7,14H,1-4H2,(H,12,15)(H,17,18)/t5-,7+/m1/s1. The molecule has 0 radical (unpaired) electrons. The average Bonchev–Trinajstić information content (AvgIpc) is 2.71. The number of nitrogens with zero attached hydrogens (tertiary/aromatic N) is 2. The van der Waals surface area contributed by atoms with Gasteiger partial charge in [-0.1, -0.05) is 0 Å². The molecular formula is C10H13N3O5. The molecule has 2 atom stereocenters. The number of β-amino-alcohol motifs (C(OH)–C–C–N with tert-alkyl or cyclic N) is 1. The zero-order valence-corrected chi connectivity index (χ0v) is 9.50. The van der Waals surface area contributed by atoms with Gasteiger partial charge in [0.2, 0.25) is 5.91 Å². The number of aliphatic hydroxyl groups excluding tert-OH is 1. The summed E-state index contributed by atoms with van der Waals surface area (Å²) in [5, 5.41) is 22.0. The van der Waals surface area contributed by atoms with Crippen molar-refractivity contribution < 1.29 is 24.6 Å². The summed E-state index contributed by atoms with van der Waals surface area (Å²) >= 11 is 0. The SMILES string of the molecule is O=C1CCC(C(=O)N2C[C@H](O)C[C@H]2C(=O)O)=NN1. The number of carbonyl (C=O) groups excluding carboxylic acids is 2. The highest BCUT2D eigenvalue weighted by atomic mass is 16.4. The van der Waals surface area contributed by atoms with Crippen molar-refractivity contribution in [3.05, 3.63) is 0 Å². The Hall–Kier alpha value is -1.96. The Bertz CT molecular complexity index is 433. The third-order valence-electron chi connectivity index (χ3n) is 2.98. The number of likely N-dealkylation sites (tertiary alicyclic amines) is 1. The van der Waals surface area contributed by atoms with E-state index in [2.05, 4.69) is 10.5 Å². The fourth-order valence-corrected chi connectivity index (χ4v) is 2.07. The summed E-state index contributed by atoms with van der Waals surface area (Å²) in [4.78, 5) is 35.0. The molecule has 0 unspecified atom stereocenters. The molecule has 2 aliphatic heterocycles. The molecule has 98 valence electrons. The number of amides is 2. The van der Waals surface area contributed by atoms with E-state index >= 15 is 0 Å². The molecule has 8 nitrogen and oxygen atoms in total. The molecule has 2 aliphatic rings. The Kier molecular flexibility index (Phi) is 3.28. The summed E-state index contributed by atoms with van der Waals surface area (Å²) in [6.07, 6.45) is -0.489. The summed E-state index contributed by atoms with van der Waals surface area (Å²) in [6, 6.07) is -1.03. The van der Waals surface area contributed by atoms with Crippen LogP contribution in [0, 0.1) is 0 Å². The van der Waals surface area contributed by atoms with Crippen LogP contribution in [0.15, 0.2) is 5.10 Å². The van der Waals surface area contributed by atoms with Crippen LogP contribution in [0.2, 0.25) is 0 Å². The van der Waals surface area contributed by atoms with E-state index < -0.39 is 24.0 Å². The van der Waals surface area contributed by atoms with Crippen LogP contribution >= 0.6 is 0 Å². The van der Waals surface area contributed by atoms with E-state index in [4.69, 9.17) is 5.11 Å². The molecule has 0 bridgehead atoms. The van der Waals surface area contributed by atoms with Gasteiger partial charge in [0.05, 0.1) is 6.10 Å². The number of carboxylic acids is 1. The number of carboxylic acid groups (broad SMARTS) is 1. The molecule has 0 saturated carbocycles. The molecule has 8 heteroatoms. The van der Waals surface area contributed by atoms with Crippen LogP contribution in [0.25, 0.3) is 0 Å². The Balaban J connectivity index is 2.13. The number of nitrogens with one attached hydrogen (secondary N) is 1. The topological polar surface area (TPSA) is 119 Å².